The zero-order chi connectivity index (χ0) is 10.4. The summed E-state index contributed by atoms with van der Waals surface area (Å²) >= 11 is 0. The molecule has 0 amide bonds. The Bertz CT molecular complexity index is 323. The maximum atomic E-state index is 11.1. The van der Waals surface area contributed by atoms with Crippen LogP contribution in [-0.2, 0) is 4.79 Å². The molecular formula is C12H14O2. The molecule has 0 spiro atoms. The van der Waals surface area contributed by atoms with Crippen LogP contribution >= 0.6 is 0 Å². The number of rotatable bonds is 3. The lowest BCUT2D eigenvalue weighted by molar-refractivity contribution is -0.129. The second-order valence-corrected chi connectivity index (χ2v) is 3.04. The number of ether oxygens (including phenoxy) is 1. The van der Waals surface area contributed by atoms with Gasteiger partial charge < -0.3 is 4.74 Å². The van der Waals surface area contributed by atoms with Crippen LogP contribution in [0.4, 0.5) is 0 Å². The summed E-state index contributed by atoms with van der Waals surface area (Å²) in [6.07, 6.45) is 4.05. The Morgan fingerprint density at radius 1 is 1.36 bits per heavy atom. The van der Waals surface area contributed by atoms with Crippen molar-refractivity contribution < 1.29 is 9.53 Å². The van der Waals surface area contributed by atoms with E-state index in [9.17, 15) is 4.79 Å². The van der Waals surface area contributed by atoms with Crippen molar-refractivity contribution in [3.05, 3.63) is 42.0 Å². The van der Waals surface area contributed by atoms with Gasteiger partial charge in [0.05, 0.1) is 0 Å². The van der Waals surface area contributed by atoms with Gasteiger partial charge >= 0.3 is 5.97 Å². The molecule has 74 valence electrons. The van der Waals surface area contributed by atoms with Crippen LogP contribution in [0.25, 0.3) is 0 Å². The summed E-state index contributed by atoms with van der Waals surface area (Å²) in [4.78, 5) is 11.1. The number of carbonyl (C=O) groups is 1. The zero-order valence-electron chi connectivity index (χ0n) is 8.49. The average Bonchev–Trinajstić information content (AvgIpc) is 2.18. The Morgan fingerprint density at radius 3 is 2.57 bits per heavy atom. The first-order chi connectivity index (χ1) is 6.72. The minimum Gasteiger partial charge on any atom is -0.423 e. The summed E-state index contributed by atoms with van der Waals surface area (Å²) in [6, 6.07) is 7.39. The van der Waals surface area contributed by atoms with Gasteiger partial charge in [-0.15, -0.1) is 0 Å². The Morgan fingerprint density at radius 2 is 2.00 bits per heavy atom. The van der Waals surface area contributed by atoms with Crippen molar-refractivity contribution in [2.45, 2.75) is 20.3 Å². The third-order valence-electron chi connectivity index (χ3n) is 1.73. The third-order valence-corrected chi connectivity index (χ3v) is 1.73. The van der Waals surface area contributed by atoms with Crippen molar-refractivity contribution in [2.24, 2.45) is 0 Å². The van der Waals surface area contributed by atoms with E-state index >= 15 is 0 Å². The quantitative estimate of drug-likeness (QED) is 0.416. The average molecular weight is 190 g/mol. The van der Waals surface area contributed by atoms with Crippen LogP contribution in [0.5, 0.6) is 5.75 Å². The number of esters is 1. The van der Waals surface area contributed by atoms with Crippen molar-refractivity contribution in [2.75, 3.05) is 0 Å². The summed E-state index contributed by atoms with van der Waals surface area (Å²) in [6.45, 7) is 3.96. The Hall–Kier alpha value is -1.57. The predicted octanol–water partition coefficient (Wildman–Crippen LogP) is 2.87. The molecule has 14 heavy (non-hydrogen) atoms. The molecule has 0 saturated heterocycles. The monoisotopic (exact) mass is 190 g/mol. The molecule has 0 heterocycles. The van der Waals surface area contributed by atoms with E-state index < -0.39 is 0 Å². The largest absolute Gasteiger partial charge is 0.423 e. The van der Waals surface area contributed by atoms with Gasteiger partial charge in [0.2, 0.25) is 0 Å². The number of hydrogen-bond acceptors (Lipinski definition) is 2. The van der Waals surface area contributed by atoms with Gasteiger partial charge in [-0.25, -0.2) is 4.79 Å². The number of hydrogen-bond donors (Lipinski definition) is 0. The highest BCUT2D eigenvalue weighted by Crippen LogP contribution is 2.11. The molecule has 0 N–H and O–H groups in total. The fourth-order valence-corrected chi connectivity index (χ4v) is 0.971. The number of allylic oxidation sites excluding steroid dienone is 1. The van der Waals surface area contributed by atoms with Crippen LogP contribution in [0, 0.1) is 6.92 Å². The van der Waals surface area contributed by atoms with Gasteiger partial charge in [-0.05, 0) is 25.5 Å². The molecule has 0 aliphatic heterocycles. The van der Waals surface area contributed by atoms with Crippen molar-refractivity contribution in [1.82, 2.24) is 0 Å². The highest BCUT2D eigenvalue weighted by atomic mass is 16.5. The Kier molecular flexibility index (Phi) is 3.92. The number of benzene rings is 1. The normalized spacial score (nSPS) is 10.4. The summed E-state index contributed by atoms with van der Waals surface area (Å²) in [5, 5.41) is 0. The molecule has 0 saturated carbocycles. The van der Waals surface area contributed by atoms with Crippen LogP contribution in [0.3, 0.4) is 0 Å². The van der Waals surface area contributed by atoms with Crippen molar-refractivity contribution in [1.29, 1.82) is 0 Å². The van der Waals surface area contributed by atoms with E-state index in [1.807, 2.05) is 26.0 Å². The van der Waals surface area contributed by atoms with Crippen LogP contribution < -0.4 is 4.74 Å². The number of aryl methyl sites for hydroxylation is 1. The molecule has 0 fully saturated rings. The molecule has 0 aliphatic rings. The van der Waals surface area contributed by atoms with Crippen LogP contribution in [0.2, 0.25) is 0 Å². The topological polar surface area (TPSA) is 26.3 Å². The fraction of sp³-hybridized carbons (Fsp3) is 0.250. The van der Waals surface area contributed by atoms with E-state index in [2.05, 4.69) is 0 Å². The minimum absolute atomic E-state index is 0.323. The summed E-state index contributed by atoms with van der Waals surface area (Å²) in [5.41, 5.74) is 1.15. The number of carbonyl (C=O) groups excluding carboxylic acids is 1. The van der Waals surface area contributed by atoms with E-state index in [0.29, 0.717) is 5.75 Å². The molecular weight excluding hydrogens is 176 g/mol. The Labute approximate surface area is 84.2 Å². The van der Waals surface area contributed by atoms with Crippen LogP contribution in [-0.4, -0.2) is 5.97 Å². The lowest BCUT2D eigenvalue weighted by atomic mass is 10.2. The molecule has 0 bridgehead atoms. The predicted molar refractivity (Wildman–Crippen MR) is 56.2 cm³/mol. The lowest BCUT2D eigenvalue weighted by Gasteiger charge is -2.00. The van der Waals surface area contributed by atoms with E-state index in [0.717, 1.165) is 12.0 Å². The first kappa shape index (κ1) is 10.5. The van der Waals surface area contributed by atoms with Crippen molar-refractivity contribution in [3.8, 4) is 5.75 Å². The van der Waals surface area contributed by atoms with Gasteiger partial charge in [0, 0.05) is 6.08 Å². The van der Waals surface area contributed by atoms with Gasteiger partial charge in [-0.3, -0.25) is 0 Å². The smallest absolute Gasteiger partial charge is 0.335 e. The van der Waals surface area contributed by atoms with E-state index in [1.54, 1.807) is 18.2 Å². The van der Waals surface area contributed by atoms with Crippen molar-refractivity contribution >= 4 is 5.97 Å². The zero-order valence-corrected chi connectivity index (χ0v) is 8.49. The Balaban J connectivity index is 2.56. The molecule has 1 aromatic carbocycles. The van der Waals surface area contributed by atoms with Crippen LogP contribution in [0.1, 0.15) is 18.9 Å². The van der Waals surface area contributed by atoms with Gasteiger partial charge in [-0.2, -0.15) is 0 Å². The molecule has 0 aromatic heterocycles. The molecule has 2 nitrogen and oxygen atoms in total. The first-order valence-corrected chi connectivity index (χ1v) is 4.67. The van der Waals surface area contributed by atoms with Crippen molar-refractivity contribution in [3.63, 3.8) is 0 Å². The van der Waals surface area contributed by atoms with E-state index in [1.165, 1.54) is 6.08 Å². The van der Waals surface area contributed by atoms with Crippen LogP contribution in [0.15, 0.2) is 36.4 Å². The second kappa shape index (κ2) is 5.22. The molecule has 0 radical (unpaired) electrons. The van der Waals surface area contributed by atoms with Gasteiger partial charge in [-0.1, -0.05) is 30.7 Å². The molecule has 1 rings (SSSR count). The summed E-state index contributed by atoms with van der Waals surface area (Å²) in [5.74, 6) is 0.261. The summed E-state index contributed by atoms with van der Waals surface area (Å²) in [7, 11) is 0. The highest BCUT2D eigenvalue weighted by Gasteiger charge is 1.98. The van der Waals surface area contributed by atoms with E-state index in [-0.39, 0.29) is 5.97 Å². The molecule has 1 aromatic rings. The molecule has 0 atom stereocenters. The van der Waals surface area contributed by atoms with Gasteiger partial charge in [0.15, 0.2) is 0 Å². The lowest BCUT2D eigenvalue weighted by Crippen LogP contribution is -2.03. The maximum Gasteiger partial charge on any atom is 0.335 e. The highest BCUT2D eigenvalue weighted by molar-refractivity contribution is 5.83. The van der Waals surface area contributed by atoms with Gasteiger partial charge in [0.1, 0.15) is 5.75 Å². The second-order valence-electron chi connectivity index (χ2n) is 3.04. The molecule has 2 heteroatoms. The van der Waals surface area contributed by atoms with Gasteiger partial charge in [0.25, 0.3) is 0 Å². The SMILES string of the molecule is CCC=CC(=O)Oc1ccc(C)cc1. The fourth-order valence-electron chi connectivity index (χ4n) is 0.971. The standard InChI is InChI=1S/C12H14O2/c1-3-4-5-12(13)14-11-8-6-10(2)7-9-11/h4-9H,3H2,1-2H3. The summed E-state index contributed by atoms with van der Waals surface area (Å²) < 4.78 is 5.05. The molecule has 0 aliphatic carbocycles. The minimum atomic E-state index is -0.323. The molecule has 0 unspecified atom stereocenters. The maximum absolute atomic E-state index is 11.1. The van der Waals surface area contributed by atoms with E-state index in [4.69, 9.17) is 4.74 Å². The third kappa shape index (κ3) is 3.44. The first-order valence-electron chi connectivity index (χ1n) is 4.67.